The summed E-state index contributed by atoms with van der Waals surface area (Å²) in [5, 5.41) is 6.39. The summed E-state index contributed by atoms with van der Waals surface area (Å²) in [4.78, 5) is 37.8. The molecule has 3 fully saturated rings. The molecule has 0 unspecified atom stereocenters. The highest BCUT2D eigenvalue weighted by Gasteiger charge is 2.56. The Morgan fingerprint density at radius 3 is 2.58 bits per heavy atom. The number of benzene rings is 3. The second kappa shape index (κ2) is 14.7. The first-order valence-corrected chi connectivity index (χ1v) is 18.8. The molecule has 1 saturated carbocycles. The van der Waals surface area contributed by atoms with Crippen LogP contribution in [0.5, 0.6) is 5.88 Å². The van der Waals surface area contributed by atoms with E-state index in [2.05, 4.69) is 15.5 Å². The maximum Gasteiger partial charge on any atom is 0.255 e. The monoisotopic (exact) mass is 754 g/mol. The Labute approximate surface area is 317 Å². The fraction of sp³-hybridized carbons (Fsp3) is 0.350. The fourth-order valence-corrected chi connectivity index (χ4v) is 7.64. The van der Waals surface area contributed by atoms with Gasteiger partial charge < -0.3 is 20.1 Å². The maximum absolute atomic E-state index is 14.2. The van der Waals surface area contributed by atoms with Gasteiger partial charge in [0.25, 0.3) is 5.91 Å². The van der Waals surface area contributed by atoms with Crippen LogP contribution in [-0.4, -0.2) is 57.0 Å². The lowest BCUT2D eigenvalue weighted by molar-refractivity contribution is -0.117. The number of ether oxygens (including phenoxy) is 2. The van der Waals surface area contributed by atoms with Crippen molar-refractivity contribution in [2.24, 2.45) is 0 Å². The van der Waals surface area contributed by atoms with Gasteiger partial charge in [0.2, 0.25) is 11.8 Å². The van der Waals surface area contributed by atoms with Crippen LogP contribution in [0.25, 0.3) is 11.0 Å². The Balaban J connectivity index is 0.000000939. The number of fused-ring (bicyclic) bond motifs is 3. The Morgan fingerprint density at radius 2 is 1.87 bits per heavy atom. The summed E-state index contributed by atoms with van der Waals surface area (Å²) >= 11 is 10.6. The van der Waals surface area contributed by atoms with Gasteiger partial charge in [-0.15, -0.1) is 0 Å². The molecule has 53 heavy (non-hydrogen) atoms. The van der Waals surface area contributed by atoms with Crippen molar-refractivity contribution >= 4 is 58.6 Å². The largest absolute Gasteiger partial charge is 0.473 e. The van der Waals surface area contributed by atoms with E-state index in [1.165, 1.54) is 12.5 Å². The minimum atomic E-state index is -0.427. The normalized spacial score (nSPS) is 17.5. The number of piperidine rings is 1. The number of carbonyl (C=O) groups excluding carboxylic acids is 2. The summed E-state index contributed by atoms with van der Waals surface area (Å²) in [6.07, 6.45) is 4.80. The lowest BCUT2D eigenvalue weighted by Gasteiger charge is -2.31. The van der Waals surface area contributed by atoms with Crippen molar-refractivity contribution in [2.45, 2.75) is 63.5 Å². The zero-order valence-electron chi connectivity index (χ0n) is 29.3. The molecule has 2 aromatic heterocycles. The van der Waals surface area contributed by atoms with Crippen molar-refractivity contribution in [3.8, 4) is 5.88 Å². The van der Waals surface area contributed by atoms with Crippen LogP contribution in [-0.2, 0) is 28.1 Å². The summed E-state index contributed by atoms with van der Waals surface area (Å²) in [6.45, 7) is 6.37. The zero-order chi connectivity index (χ0) is 36.7. The van der Waals surface area contributed by atoms with Crippen LogP contribution < -0.4 is 15.4 Å². The Morgan fingerprint density at radius 1 is 1.09 bits per heavy atom. The summed E-state index contributed by atoms with van der Waals surface area (Å²) in [6, 6.07) is 19.5. The molecule has 274 valence electrons. The smallest absolute Gasteiger partial charge is 0.255 e. The number of anilines is 2. The second-order valence-electron chi connectivity index (χ2n) is 14.2. The van der Waals surface area contributed by atoms with Gasteiger partial charge in [-0.25, -0.2) is 14.4 Å². The number of aromatic nitrogens is 3. The predicted octanol–water partition coefficient (Wildman–Crippen LogP) is 7.83. The number of amides is 2. The van der Waals surface area contributed by atoms with Crippen LogP contribution in [0, 0.1) is 12.7 Å². The minimum Gasteiger partial charge on any atom is -0.473 e. The third-order valence-electron chi connectivity index (χ3n) is 10.6. The maximum atomic E-state index is 14.2. The van der Waals surface area contributed by atoms with Crippen LogP contribution in [0.15, 0.2) is 66.7 Å². The molecule has 4 aliphatic rings. The molecule has 9 rings (SSSR count). The van der Waals surface area contributed by atoms with E-state index in [0.29, 0.717) is 39.8 Å². The Hall–Kier alpha value is -4.49. The van der Waals surface area contributed by atoms with E-state index in [4.69, 9.17) is 43.9 Å². The molecule has 0 bridgehead atoms. The Kier molecular flexibility index (Phi) is 9.88. The van der Waals surface area contributed by atoms with Gasteiger partial charge in [0.15, 0.2) is 0 Å². The van der Waals surface area contributed by atoms with Crippen LogP contribution in [0.2, 0.25) is 5.02 Å². The predicted molar refractivity (Wildman–Crippen MR) is 205 cm³/mol. The van der Waals surface area contributed by atoms with Crippen molar-refractivity contribution in [1.29, 1.82) is 0 Å². The molecule has 3 aliphatic heterocycles. The quantitative estimate of drug-likeness (QED) is 0.139. The van der Waals surface area contributed by atoms with Gasteiger partial charge in [0.1, 0.15) is 18.2 Å². The number of halogens is 2. The zero-order valence-corrected chi connectivity index (χ0v) is 31.0. The first kappa shape index (κ1) is 35.5. The summed E-state index contributed by atoms with van der Waals surface area (Å²) in [7, 11) is 0. The molecular formula is C40H40ClFN6O4S. The number of nitrogens with one attached hydrogen (secondary N) is 2. The first-order chi connectivity index (χ1) is 25.7. The first-order valence-electron chi connectivity index (χ1n) is 18.0. The van der Waals surface area contributed by atoms with Crippen molar-refractivity contribution in [1.82, 2.24) is 18.8 Å². The summed E-state index contributed by atoms with van der Waals surface area (Å²) in [5.74, 6) is 0.972. The van der Waals surface area contributed by atoms with E-state index >= 15 is 0 Å². The van der Waals surface area contributed by atoms with Crippen LogP contribution in [0.1, 0.15) is 76.6 Å². The number of hydrogen-bond donors (Lipinski definition) is 3. The van der Waals surface area contributed by atoms with Crippen molar-refractivity contribution in [2.75, 3.05) is 36.9 Å². The molecule has 13 heteroatoms. The van der Waals surface area contributed by atoms with E-state index < -0.39 is 11.2 Å². The number of aryl methyl sites for hydroxylation is 1. The van der Waals surface area contributed by atoms with Gasteiger partial charge in [-0.1, -0.05) is 36.5 Å². The standard InChI is InChI=1S/C37H34ClFN6O3S.C3H6O/c1-21-15-26(18-27-34(21)43-36(47)37(27)11-12-37)40-35(46)23-6-8-31-30(16-23)41-32(45(31)49)19-44-13-9-22(10-14-44)29-3-2-4-33(42-29)48-20-24-5-7-25(38)17-28(24)39;1-2-4-3-1/h2-8,15-18,22,49H,9-14,19-20H2,1H3,(H,40,46)(H,43,47);1-3H2. The molecule has 1 spiro atoms. The topological polar surface area (TPSA) is 111 Å². The van der Waals surface area contributed by atoms with Gasteiger partial charge in [-0.2, -0.15) is 0 Å². The number of carbonyl (C=O) groups is 2. The van der Waals surface area contributed by atoms with Crippen molar-refractivity contribution < 1.29 is 23.5 Å². The van der Waals surface area contributed by atoms with E-state index in [1.54, 1.807) is 34.3 Å². The second-order valence-corrected chi connectivity index (χ2v) is 15.0. The average Bonchev–Trinajstić information content (AvgIpc) is 3.81. The third kappa shape index (κ3) is 7.37. The van der Waals surface area contributed by atoms with Gasteiger partial charge in [-0.3, -0.25) is 18.5 Å². The SMILES string of the molecule is C1COC1.Cc1cc(NC(=O)c2ccc3c(c2)nc(CN2CCC(c4cccc(OCc5ccc(Cl)cc5F)n4)CC2)n3S)cc2c1NC(=O)C21CC1. The molecule has 5 aromatic rings. The Bertz CT molecular complexity index is 2210. The highest BCUT2D eigenvalue weighted by atomic mass is 35.5. The van der Waals surface area contributed by atoms with Crippen LogP contribution in [0.3, 0.4) is 0 Å². The molecule has 2 amide bonds. The average molecular weight is 755 g/mol. The lowest BCUT2D eigenvalue weighted by atomic mass is 9.93. The van der Waals surface area contributed by atoms with Crippen LogP contribution in [0.4, 0.5) is 15.8 Å². The lowest BCUT2D eigenvalue weighted by Crippen LogP contribution is -2.33. The number of nitrogens with zero attached hydrogens (tertiary/aromatic N) is 4. The van der Waals surface area contributed by atoms with Crippen molar-refractivity contribution in [3.63, 3.8) is 0 Å². The molecule has 2 saturated heterocycles. The number of pyridine rings is 1. The summed E-state index contributed by atoms with van der Waals surface area (Å²) in [5.41, 5.74) is 6.45. The van der Waals surface area contributed by atoms with Gasteiger partial charge >= 0.3 is 0 Å². The number of thiol groups is 1. The van der Waals surface area contributed by atoms with Crippen molar-refractivity contribution in [3.05, 3.63) is 111 Å². The third-order valence-corrected chi connectivity index (χ3v) is 11.3. The molecular weight excluding hydrogens is 715 g/mol. The number of imidazole rings is 1. The molecule has 0 atom stereocenters. The summed E-state index contributed by atoms with van der Waals surface area (Å²) < 4.78 is 26.5. The van der Waals surface area contributed by atoms with E-state index in [-0.39, 0.29) is 24.3 Å². The van der Waals surface area contributed by atoms with Gasteiger partial charge in [-0.05, 0) is 112 Å². The molecule has 1 aliphatic carbocycles. The van der Waals surface area contributed by atoms with Gasteiger partial charge in [0, 0.05) is 58.4 Å². The van der Waals surface area contributed by atoms with Gasteiger partial charge in [0.05, 0.1) is 23.0 Å². The highest BCUT2D eigenvalue weighted by molar-refractivity contribution is 7.78. The molecule has 5 heterocycles. The van der Waals surface area contributed by atoms with E-state index in [9.17, 15) is 14.0 Å². The number of hydrogen-bond acceptors (Lipinski definition) is 8. The number of likely N-dealkylation sites (tertiary alicyclic amines) is 1. The van der Waals surface area contributed by atoms with E-state index in [0.717, 1.165) is 85.8 Å². The highest BCUT2D eigenvalue weighted by Crippen LogP contribution is 2.56. The number of rotatable bonds is 8. The van der Waals surface area contributed by atoms with E-state index in [1.807, 2.05) is 37.3 Å². The van der Waals surface area contributed by atoms with Crippen LogP contribution >= 0.6 is 24.4 Å². The fourth-order valence-electron chi connectivity index (χ4n) is 7.20. The molecule has 2 N–H and O–H groups in total. The molecule has 3 aromatic carbocycles. The molecule has 0 radical (unpaired) electrons. The minimum absolute atomic E-state index is 0.0562. The molecule has 10 nitrogen and oxygen atoms in total.